The molecule has 9 nitrogen and oxygen atoms in total. The number of hydrogen-bond acceptors (Lipinski definition) is 8. The maximum atomic E-state index is 13.3. The van der Waals surface area contributed by atoms with Crippen LogP contribution in [0, 0.1) is 0 Å². The number of phenols is 1. The minimum atomic E-state index is -0.896. The lowest BCUT2D eigenvalue weighted by molar-refractivity contribution is -0.140. The molecule has 2 fully saturated rings. The summed E-state index contributed by atoms with van der Waals surface area (Å²) < 4.78 is 16.5. The highest BCUT2D eigenvalue weighted by Gasteiger charge is 2.46. The maximum absolute atomic E-state index is 13.3. The Hall–Kier alpha value is -3.27. The molecule has 0 aliphatic carbocycles. The van der Waals surface area contributed by atoms with E-state index in [1.54, 1.807) is 18.2 Å². The Balaban J connectivity index is 1.75. The molecule has 198 valence electrons. The van der Waals surface area contributed by atoms with Gasteiger partial charge in [0, 0.05) is 31.2 Å². The van der Waals surface area contributed by atoms with Crippen LogP contribution in [-0.4, -0.2) is 84.8 Å². The average molecular weight is 531 g/mol. The lowest BCUT2D eigenvalue weighted by Gasteiger charge is -2.29. The fraction of sp³-hybridized carbons (Fsp3) is 0.407. The highest BCUT2D eigenvalue weighted by atomic mass is 35.5. The normalized spacial score (nSPS) is 19.9. The number of carbonyl (C=O) groups excluding carboxylic acids is 2. The molecule has 0 radical (unpaired) electrons. The molecule has 2 aliphatic heterocycles. The van der Waals surface area contributed by atoms with Crippen molar-refractivity contribution in [3.05, 3.63) is 58.1 Å². The third kappa shape index (κ3) is 5.69. The topological polar surface area (TPSA) is 109 Å². The Kier molecular flexibility index (Phi) is 8.58. The molecule has 4 rings (SSSR count). The van der Waals surface area contributed by atoms with Crippen LogP contribution in [0.2, 0.25) is 5.02 Å². The van der Waals surface area contributed by atoms with E-state index >= 15 is 0 Å². The first kappa shape index (κ1) is 26.8. The van der Waals surface area contributed by atoms with Crippen molar-refractivity contribution in [2.45, 2.75) is 19.4 Å². The van der Waals surface area contributed by atoms with Crippen molar-refractivity contribution < 1.29 is 34.0 Å². The zero-order valence-electron chi connectivity index (χ0n) is 20.9. The molecule has 1 atom stereocenters. The van der Waals surface area contributed by atoms with Crippen molar-refractivity contribution >= 4 is 29.1 Å². The second-order valence-corrected chi connectivity index (χ2v) is 9.24. The predicted octanol–water partition coefficient (Wildman–Crippen LogP) is 3.60. The van der Waals surface area contributed by atoms with E-state index in [2.05, 4.69) is 4.90 Å². The number of halogens is 1. The van der Waals surface area contributed by atoms with Gasteiger partial charge in [0.15, 0.2) is 11.5 Å². The first-order valence-electron chi connectivity index (χ1n) is 12.2. The molecule has 0 saturated carbocycles. The van der Waals surface area contributed by atoms with Crippen LogP contribution in [0.15, 0.2) is 42.0 Å². The van der Waals surface area contributed by atoms with Crippen LogP contribution in [0.1, 0.15) is 30.5 Å². The van der Waals surface area contributed by atoms with E-state index in [4.69, 9.17) is 25.8 Å². The summed E-state index contributed by atoms with van der Waals surface area (Å²) in [4.78, 5) is 30.3. The number of phenolic OH excluding ortho intramolecular Hbond substituents is 1. The molecule has 37 heavy (non-hydrogen) atoms. The Bertz CT molecular complexity index is 1190. The fourth-order valence-corrected chi connectivity index (χ4v) is 4.89. The summed E-state index contributed by atoms with van der Waals surface area (Å²) in [5.41, 5.74) is 0.413. The third-order valence-corrected chi connectivity index (χ3v) is 6.77. The number of aliphatic hydroxyl groups excluding tert-OH is 1. The molecule has 2 aliphatic rings. The van der Waals surface area contributed by atoms with Gasteiger partial charge < -0.3 is 29.3 Å². The van der Waals surface area contributed by atoms with Crippen LogP contribution >= 0.6 is 11.6 Å². The summed E-state index contributed by atoms with van der Waals surface area (Å²) in [6, 6.07) is 8.40. The second kappa shape index (κ2) is 11.9. The number of amides is 1. The van der Waals surface area contributed by atoms with Crippen LogP contribution in [0.25, 0.3) is 5.76 Å². The predicted molar refractivity (Wildman–Crippen MR) is 138 cm³/mol. The van der Waals surface area contributed by atoms with E-state index < -0.39 is 23.5 Å². The number of nitrogens with zero attached hydrogens (tertiary/aromatic N) is 2. The van der Waals surface area contributed by atoms with Gasteiger partial charge in [0.05, 0.1) is 44.1 Å². The van der Waals surface area contributed by atoms with E-state index in [0.29, 0.717) is 49.8 Å². The van der Waals surface area contributed by atoms with Gasteiger partial charge in [-0.25, -0.2) is 0 Å². The Labute approximate surface area is 220 Å². The first-order valence-corrected chi connectivity index (χ1v) is 12.6. The number of benzene rings is 2. The highest BCUT2D eigenvalue weighted by Crippen LogP contribution is 2.43. The van der Waals surface area contributed by atoms with Gasteiger partial charge in [-0.1, -0.05) is 17.7 Å². The number of Topliss-reactive ketones (excluding diaryl/α,β-unsaturated/α-hetero) is 1. The van der Waals surface area contributed by atoms with Gasteiger partial charge in [0.25, 0.3) is 11.7 Å². The molecule has 0 aromatic heterocycles. The number of morpholine rings is 1. The van der Waals surface area contributed by atoms with Crippen LogP contribution in [0.3, 0.4) is 0 Å². The van der Waals surface area contributed by atoms with Gasteiger partial charge in [0.1, 0.15) is 11.5 Å². The Morgan fingerprint density at radius 1 is 1.11 bits per heavy atom. The number of likely N-dealkylation sites (tertiary alicyclic amines) is 1. The molecular weight excluding hydrogens is 500 g/mol. The zero-order valence-corrected chi connectivity index (χ0v) is 21.7. The number of ketones is 1. The van der Waals surface area contributed by atoms with Crippen molar-refractivity contribution in [2.24, 2.45) is 0 Å². The first-order chi connectivity index (χ1) is 17.8. The van der Waals surface area contributed by atoms with Crippen molar-refractivity contribution in [1.29, 1.82) is 0 Å². The van der Waals surface area contributed by atoms with Gasteiger partial charge in [-0.15, -0.1) is 0 Å². The highest BCUT2D eigenvalue weighted by molar-refractivity contribution is 6.46. The monoisotopic (exact) mass is 530 g/mol. The summed E-state index contributed by atoms with van der Waals surface area (Å²) >= 11 is 6.09. The summed E-state index contributed by atoms with van der Waals surface area (Å²) in [5, 5.41) is 21.9. The molecule has 0 spiro atoms. The van der Waals surface area contributed by atoms with Crippen LogP contribution in [0.4, 0.5) is 0 Å². The molecule has 2 N–H and O–H groups in total. The molecule has 2 heterocycles. The minimum absolute atomic E-state index is 0.0262. The van der Waals surface area contributed by atoms with Gasteiger partial charge in [-0.2, -0.15) is 0 Å². The molecule has 0 unspecified atom stereocenters. The average Bonchev–Trinajstić information content (AvgIpc) is 3.15. The molecule has 1 amide bonds. The minimum Gasteiger partial charge on any atom is -0.507 e. The third-order valence-electron chi connectivity index (χ3n) is 6.53. The van der Waals surface area contributed by atoms with E-state index in [1.165, 1.54) is 30.2 Å². The number of ether oxygens (including phenoxy) is 3. The number of carbonyl (C=O) groups is 2. The van der Waals surface area contributed by atoms with Crippen molar-refractivity contribution in [3.63, 3.8) is 0 Å². The number of methoxy groups -OCH3 is 1. The van der Waals surface area contributed by atoms with Gasteiger partial charge >= 0.3 is 0 Å². The Morgan fingerprint density at radius 2 is 1.86 bits per heavy atom. The molecule has 10 heteroatoms. The van der Waals surface area contributed by atoms with Gasteiger partial charge in [-0.3, -0.25) is 14.5 Å². The lowest BCUT2D eigenvalue weighted by Crippen LogP contribution is -2.39. The van der Waals surface area contributed by atoms with Crippen molar-refractivity contribution in [1.82, 2.24) is 9.80 Å². The lowest BCUT2D eigenvalue weighted by atomic mass is 9.94. The van der Waals surface area contributed by atoms with Crippen LogP contribution in [0.5, 0.6) is 17.2 Å². The quantitative estimate of drug-likeness (QED) is 0.287. The fourth-order valence-electron chi connectivity index (χ4n) is 4.72. The van der Waals surface area contributed by atoms with E-state index in [-0.39, 0.29) is 21.9 Å². The number of rotatable bonds is 9. The zero-order chi connectivity index (χ0) is 26.5. The van der Waals surface area contributed by atoms with E-state index in [0.717, 1.165) is 19.6 Å². The Morgan fingerprint density at radius 3 is 2.57 bits per heavy atom. The summed E-state index contributed by atoms with van der Waals surface area (Å²) in [6.07, 6.45) is 0.625. The molecular formula is C27H31ClN2O7. The number of hydrogen-bond donors (Lipinski definition) is 2. The summed E-state index contributed by atoms with van der Waals surface area (Å²) in [7, 11) is 1.50. The van der Waals surface area contributed by atoms with Crippen molar-refractivity contribution in [2.75, 3.05) is 53.1 Å². The molecule has 0 bridgehead atoms. The van der Waals surface area contributed by atoms with E-state index in [1.807, 2.05) is 6.92 Å². The molecule has 2 aromatic rings. The van der Waals surface area contributed by atoms with Crippen LogP contribution in [-0.2, 0) is 14.3 Å². The molecule has 2 aromatic carbocycles. The smallest absolute Gasteiger partial charge is 0.295 e. The number of aromatic hydroxyl groups is 1. The molecule has 2 saturated heterocycles. The maximum Gasteiger partial charge on any atom is 0.295 e. The summed E-state index contributed by atoms with van der Waals surface area (Å²) in [5.74, 6) is -1.35. The van der Waals surface area contributed by atoms with E-state index in [9.17, 15) is 19.8 Å². The SMILES string of the molecule is CCOc1ccc([C@@H]2C(=C(O)c3cc(Cl)ccc3O)C(=O)C(=O)N2CCCN2CCOCC2)cc1OC. The second-order valence-electron chi connectivity index (χ2n) is 8.80. The largest absolute Gasteiger partial charge is 0.507 e. The van der Waals surface area contributed by atoms with Gasteiger partial charge in [-0.05, 0) is 49.2 Å². The van der Waals surface area contributed by atoms with Gasteiger partial charge in [0.2, 0.25) is 0 Å². The van der Waals surface area contributed by atoms with Crippen molar-refractivity contribution in [3.8, 4) is 17.2 Å². The summed E-state index contributed by atoms with van der Waals surface area (Å²) in [6.45, 7) is 6.27. The van der Waals surface area contributed by atoms with Crippen LogP contribution < -0.4 is 9.47 Å². The number of aliphatic hydroxyl groups is 1. The standard InChI is InChI=1S/C27H31ClN2O7/c1-3-37-21-8-5-17(15-22(21)35-2)24-23(25(32)19-16-18(28)6-7-20(19)31)26(33)27(34)30(24)10-4-9-29-11-13-36-14-12-29/h5-8,15-16,24,31-32H,3-4,9-14H2,1-2H3/t24-/m1/s1.